The second kappa shape index (κ2) is 8.40. The molecule has 2 heterocycles. The minimum atomic E-state index is 0.606. The van der Waals surface area contributed by atoms with E-state index in [1.165, 1.54) is 0 Å². The Morgan fingerprint density at radius 2 is 1.86 bits per heavy atom. The van der Waals surface area contributed by atoms with E-state index < -0.39 is 0 Å². The average Bonchev–Trinajstić information content (AvgIpc) is 3.13. The van der Waals surface area contributed by atoms with E-state index in [9.17, 15) is 0 Å². The lowest BCUT2D eigenvalue weighted by molar-refractivity contribution is 0.249. The fraction of sp³-hybridized carbons (Fsp3) is 0.333. The van der Waals surface area contributed by atoms with E-state index >= 15 is 0 Å². The summed E-state index contributed by atoms with van der Waals surface area (Å²) in [6.07, 6.45) is 2.90. The van der Waals surface area contributed by atoms with Gasteiger partial charge in [-0.1, -0.05) is 41.4 Å². The van der Waals surface area contributed by atoms with Crippen molar-refractivity contribution in [1.82, 2.24) is 14.7 Å². The molecule has 28 heavy (non-hydrogen) atoms. The largest absolute Gasteiger partial charge is 0.368 e. The molecule has 0 N–H and O–H groups in total. The Kier molecular flexibility index (Phi) is 5.72. The zero-order chi connectivity index (χ0) is 19.5. The molecule has 2 aromatic carbocycles. The summed E-state index contributed by atoms with van der Waals surface area (Å²) in [4.78, 5) is 8.30. The van der Waals surface area contributed by atoms with Gasteiger partial charge in [0.15, 0.2) is 5.69 Å². The third-order valence-electron chi connectivity index (χ3n) is 5.25. The minimum Gasteiger partial charge on any atom is -0.368 e. The predicted molar refractivity (Wildman–Crippen MR) is 116 cm³/mol. The van der Waals surface area contributed by atoms with Gasteiger partial charge in [0.25, 0.3) is 0 Å². The third-order valence-corrected chi connectivity index (χ3v) is 6.05. The maximum Gasteiger partial charge on any atom is 0.189 e. The van der Waals surface area contributed by atoms with Crippen molar-refractivity contribution >= 4 is 45.5 Å². The Morgan fingerprint density at radius 1 is 1.04 bits per heavy atom. The summed E-state index contributed by atoms with van der Waals surface area (Å²) >= 11 is 12.5. The fourth-order valence-electron chi connectivity index (χ4n) is 3.70. The topological polar surface area (TPSA) is 28.7 Å². The number of aromatic nitrogens is 2. The Hall–Kier alpha value is -2.26. The van der Waals surface area contributed by atoms with Gasteiger partial charge in [-0.05, 0) is 24.6 Å². The number of halogens is 2. The maximum atomic E-state index is 7.19. The van der Waals surface area contributed by atoms with Gasteiger partial charge in [-0.15, -0.1) is 0 Å². The van der Waals surface area contributed by atoms with Crippen molar-refractivity contribution < 1.29 is 0 Å². The van der Waals surface area contributed by atoms with Crippen LogP contribution in [0, 0.1) is 6.57 Å². The van der Waals surface area contributed by atoms with Crippen LogP contribution in [0.3, 0.4) is 0 Å². The Morgan fingerprint density at radius 3 is 2.64 bits per heavy atom. The third kappa shape index (κ3) is 3.95. The van der Waals surface area contributed by atoms with E-state index in [0.717, 1.165) is 62.3 Å². The molecule has 7 heteroatoms. The van der Waals surface area contributed by atoms with Crippen molar-refractivity contribution in [3.63, 3.8) is 0 Å². The van der Waals surface area contributed by atoms with Crippen molar-refractivity contribution in [3.05, 3.63) is 64.1 Å². The number of benzene rings is 2. The molecule has 0 aliphatic carbocycles. The summed E-state index contributed by atoms with van der Waals surface area (Å²) in [6, 6.07) is 11.5. The van der Waals surface area contributed by atoms with Crippen molar-refractivity contribution in [2.45, 2.75) is 13.0 Å². The standard InChI is InChI=1S/C21H21Cl2N5/c1-24-17-7-6-16-15-25-28(20(16)14-17)9-3-8-26-10-12-27(13-11-26)19-5-2-4-18(22)21(19)23/h2,4-7,14-15H,3,8-13H2. The van der Waals surface area contributed by atoms with Crippen LogP contribution in [0.25, 0.3) is 15.7 Å². The SMILES string of the molecule is [C-]#[N+]c1ccc2cnn(CCCN3CCN(c4cccc(Cl)c4Cl)CC3)c2c1. The smallest absolute Gasteiger partial charge is 0.189 e. The van der Waals surface area contributed by atoms with Crippen molar-refractivity contribution in [2.75, 3.05) is 37.6 Å². The molecule has 3 aromatic rings. The van der Waals surface area contributed by atoms with Gasteiger partial charge in [-0.25, -0.2) is 4.85 Å². The predicted octanol–water partition coefficient (Wildman–Crippen LogP) is 5.11. The number of anilines is 1. The van der Waals surface area contributed by atoms with Crippen LogP contribution in [-0.2, 0) is 6.54 Å². The van der Waals surface area contributed by atoms with Crippen LogP contribution in [0.15, 0.2) is 42.6 Å². The summed E-state index contributed by atoms with van der Waals surface area (Å²) in [5.41, 5.74) is 2.71. The summed E-state index contributed by atoms with van der Waals surface area (Å²) in [6.45, 7) is 13.0. The zero-order valence-corrected chi connectivity index (χ0v) is 17.0. The molecule has 0 amide bonds. The fourth-order valence-corrected chi connectivity index (χ4v) is 4.11. The Balaban J connectivity index is 1.30. The molecular weight excluding hydrogens is 393 g/mol. The Labute approximate surface area is 174 Å². The lowest BCUT2D eigenvalue weighted by Crippen LogP contribution is -2.46. The number of piperazine rings is 1. The van der Waals surface area contributed by atoms with Crippen LogP contribution < -0.4 is 4.90 Å². The van der Waals surface area contributed by atoms with E-state index in [0.29, 0.717) is 15.7 Å². The molecule has 0 bridgehead atoms. The monoisotopic (exact) mass is 413 g/mol. The number of fused-ring (bicyclic) bond motifs is 1. The van der Waals surface area contributed by atoms with Crippen molar-refractivity contribution in [3.8, 4) is 0 Å². The van der Waals surface area contributed by atoms with Crippen LogP contribution in [-0.4, -0.2) is 47.4 Å². The minimum absolute atomic E-state index is 0.606. The van der Waals surface area contributed by atoms with Crippen LogP contribution >= 0.6 is 23.2 Å². The highest BCUT2D eigenvalue weighted by Crippen LogP contribution is 2.32. The molecule has 0 saturated carbocycles. The highest BCUT2D eigenvalue weighted by molar-refractivity contribution is 6.43. The first-order valence-corrected chi connectivity index (χ1v) is 10.2. The van der Waals surface area contributed by atoms with Gasteiger partial charge < -0.3 is 4.90 Å². The first kappa shape index (κ1) is 19.1. The van der Waals surface area contributed by atoms with Crippen LogP contribution in [0.1, 0.15) is 6.42 Å². The summed E-state index contributed by atoms with van der Waals surface area (Å²) < 4.78 is 2.01. The van der Waals surface area contributed by atoms with E-state index in [-0.39, 0.29) is 0 Å². The zero-order valence-electron chi connectivity index (χ0n) is 15.5. The molecule has 5 nitrogen and oxygen atoms in total. The quantitative estimate of drug-likeness (QED) is 0.544. The van der Waals surface area contributed by atoms with Gasteiger partial charge in [-0.3, -0.25) is 9.58 Å². The highest BCUT2D eigenvalue weighted by Gasteiger charge is 2.19. The van der Waals surface area contributed by atoms with E-state index in [4.69, 9.17) is 29.8 Å². The molecule has 0 radical (unpaired) electrons. The van der Waals surface area contributed by atoms with E-state index in [1.807, 2.05) is 47.3 Å². The maximum absolute atomic E-state index is 7.19. The number of rotatable bonds is 5. The summed E-state index contributed by atoms with van der Waals surface area (Å²) in [5, 5.41) is 6.81. The first-order chi connectivity index (χ1) is 13.7. The normalized spacial score (nSPS) is 15.1. The van der Waals surface area contributed by atoms with Gasteiger partial charge >= 0.3 is 0 Å². The molecule has 1 aromatic heterocycles. The molecule has 1 aliphatic heterocycles. The summed E-state index contributed by atoms with van der Waals surface area (Å²) in [7, 11) is 0. The molecule has 0 spiro atoms. The number of nitrogens with zero attached hydrogens (tertiary/aromatic N) is 5. The van der Waals surface area contributed by atoms with Gasteiger partial charge in [0.2, 0.25) is 0 Å². The van der Waals surface area contributed by atoms with E-state index in [1.54, 1.807) is 0 Å². The van der Waals surface area contributed by atoms with E-state index in [2.05, 4.69) is 19.7 Å². The molecule has 4 rings (SSSR count). The molecule has 144 valence electrons. The second-order valence-electron chi connectivity index (χ2n) is 6.98. The van der Waals surface area contributed by atoms with Gasteiger partial charge in [0, 0.05) is 44.7 Å². The molecular formula is C21H21Cl2N5. The van der Waals surface area contributed by atoms with Crippen molar-refractivity contribution in [1.29, 1.82) is 0 Å². The average molecular weight is 414 g/mol. The van der Waals surface area contributed by atoms with Crippen LogP contribution in [0.4, 0.5) is 11.4 Å². The first-order valence-electron chi connectivity index (χ1n) is 9.40. The molecule has 0 atom stereocenters. The van der Waals surface area contributed by atoms with Gasteiger partial charge in [0.1, 0.15) is 0 Å². The van der Waals surface area contributed by atoms with Crippen molar-refractivity contribution in [2.24, 2.45) is 0 Å². The molecule has 1 saturated heterocycles. The number of hydrogen-bond donors (Lipinski definition) is 0. The number of aryl methyl sites for hydroxylation is 1. The molecule has 1 fully saturated rings. The van der Waals surface area contributed by atoms with Crippen LogP contribution in [0.2, 0.25) is 10.0 Å². The Bertz CT molecular complexity index is 1020. The second-order valence-corrected chi connectivity index (χ2v) is 7.76. The van der Waals surface area contributed by atoms with Crippen LogP contribution in [0.5, 0.6) is 0 Å². The van der Waals surface area contributed by atoms with Gasteiger partial charge in [0.05, 0.1) is 34.0 Å². The molecule has 1 aliphatic rings. The van der Waals surface area contributed by atoms with Gasteiger partial charge in [-0.2, -0.15) is 5.10 Å². The number of hydrogen-bond acceptors (Lipinski definition) is 3. The highest BCUT2D eigenvalue weighted by atomic mass is 35.5. The lowest BCUT2D eigenvalue weighted by atomic mass is 10.2. The lowest BCUT2D eigenvalue weighted by Gasteiger charge is -2.36. The molecule has 0 unspecified atom stereocenters. The summed E-state index contributed by atoms with van der Waals surface area (Å²) in [5.74, 6) is 0.